The van der Waals surface area contributed by atoms with Crippen LogP contribution in [0.3, 0.4) is 0 Å². The average molecular weight is 562 g/mol. The number of halogens is 3. The van der Waals surface area contributed by atoms with E-state index in [1.165, 1.54) is 17.0 Å². The van der Waals surface area contributed by atoms with Crippen molar-refractivity contribution >= 4 is 74.3 Å². The minimum atomic E-state index is -1.14. The maximum Gasteiger partial charge on any atom is 0.345 e. The summed E-state index contributed by atoms with van der Waals surface area (Å²) in [7, 11) is 0. The van der Waals surface area contributed by atoms with Crippen LogP contribution < -0.4 is 0 Å². The van der Waals surface area contributed by atoms with Crippen molar-refractivity contribution in [3.05, 3.63) is 84.9 Å². The summed E-state index contributed by atoms with van der Waals surface area (Å²) < 4.78 is 0.281. The number of benzene rings is 2. The molecule has 0 saturated heterocycles. The second-order valence-electron chi connectivity index (χ2n) is 6.21. The van der Waals surface area contributed by atoms with Gasteiger partial charge in [0.2, 0.25) is 0 Å². The highest BCUT2D eigenvalue weighted by Crippen LogP contribution is 2.38. The largest absolute Gasteiger partial charge is 0.477 e. The first kappa shape index (κ1) is 23.8. The van der Waals surface area contributed by atoms with Gasteiger partial charge in [-0.3, -0.25) is 9.69 Å². The summed E-state index contributed by atoms with van der Waals surface area (Å²) in [5, 5.41) is 10.4. The average Bonchev–Trinajstić information content (AvgIpc) is 2.65. The first-order valence-electron chi connectivity index (χ1n) is 8.47. The zero-order chi connectivity index (χ0) is 21.7. The lowest BCUT2D eigenvalue weighted by Gasteiger charge is -2.28. The molecule has 0 atom stereocenters. The molecule has 0 spiro atoms. The quantitative estimate of drug-likeness (QED) is 0.226. The van der Waals surface area contributed by atoms with Crippen LogP contribution >= 0.6 is 57.6 Å². The van der Waals surface area contributed by atoms with Crippen LogP contribution in [0.1, 0.15) is 29.8 Å². The monoisotopic (exact) mass is 561 g/mol. The smallest absolute Gasteiger partial charge is 0.345 e. The molecule has 0 aliphatic heterocycles. The molecular formula is C21H18Cl2INO3S. The third kappa shape index (κ3) is 6.01. The molecule has 0 bridgehead atoms. The fraction of sp³-hybridized carbons (Fsp3) is 0.143. The van der Waals surface area contributed by atoms with Gasteiger partial charge in [-0.1, -0.05) is 71.9 Å². The van der Waals surface area contributed by atoms with Crippen molar-refractivity contribution in [2.75, 3.05) is 0 Å². The van der Waals surface area contributed by atoms with Crippen molar-refractivity contribution in [1.29, 1.82) is 0 Å². The maximum absolute atomic E-state index is 13.2. The third-order valence-electron chi connectivity index (χ3n) is 3.81. The second kappa shape index (κ2) is 10.5. The van der Waals surface area contributed by atoms with E-state index in [0.717, 1.165) is 17.3 Å². The second-order valence-corrected chi connectivity index (χ2v) is 9.18. The molecule has 0 unspecified atom stereocenters. The molecule has 0 aliphatic carbocycles. The van der Waals surface area contributed by atoms with Gasteiger partial charge in [0.25, 0.3) is 5.91 Å². The SMILES string of the molecule is C=C(S/C(C(=O)O)=C(\I)N(C(=O)c1ccc(Cl)cc1Cl)C(C)C)c1ccccc1. The lowest BCUT2D eigenvalue weighted by Crippen LogP contribution is -2.35. The molecule has 0 radical (unpaired) electrons. The number of carbonyl (C=O) groups excluding carboxylic acids is 1. The van der Waals surface area contributed by atoms with Gasteiger partial charge in [-0.2, -0.15) is 0 Å². The van der Waals surface area contributed by atoms with Gasteiger partial charge in [0.05, 0.1) is 10.6 Å². The Morgan fingerprint density at radius 3 is 2.28 bits per heavy atom. The van der Waals surface area contributed by atoms with E-state index < -0.39 is 11.9 Å². The Labute approximate surface area is 197 Å². The third-order valence-corrected chi connectivity index (χ3v) is 6.84. The Kier molecular flexibility index (Phi) is 8.63. The fourth-order valence-electron chi connectivity index (χ4n) is 2.43. The lowest BCUT2D eigenvalue weighted by molar-refractivity contribution is -0.131. The number of hydrogen-bond donors (Lipinski definition) is 1. The summed E-state index contributed by atoms with van der Waals surface area (Å²) in [6.45, 7) is 7.59. The van der Waals surface area contributed by atoms with Gasteiger partial charge in [-0.15, -0.1) is 0 Å². The maximum atomic E-state index is 13.2. The number of carbonyl (C=O) groups is 2. The van der Waals surface area contributed by atoms with Gasteiger partial charge in [0.1, 0.15) is 8.61 Å². The molecule has 0 saturated carbocycles. The molecule has 0 aromatic heterocycles. The summed E-state index contributed by atoms with van der Waals surface area (Å²) in [6.07, 6.45) is 0. The van der Waals surface area contributed by atoms with Gasteiger partial charge in [0.15, 0.2) is 0 Å². The first-order valence-corrected chi connectivity index (χ1v) is 11.1. The normalized spacial score (nSPS) is 11.8. The molecular weight excluding hydrogens is 544 g/mol. The van der Waals surface area contributed by atoms with Crippen LogP contribution in [0.15, 0.2) is 63.7 Å². The Morgan fingerprint density at radius 2 is 1.76 bits per heavy atom. The summed E-state index contributed by atoms with van der Waals surface area (Å²) >= 11 is 15.0. The van der Waals surface area contributed by atoms with Crippen LogP contribution in [0.4, 0.5) is 0 Å². The van der Waals surface area contributed by atoms with Crippen molar-refractivity contribution in [1.82, 2.24) is 4.90 Å². The molecule has 0 aliphatic rings. The summed E-state index contributed by atoms with van der Waals surface area (Å²) in [4.78, 5) is 27.2. The number of carboxylic acids is 1. The molecule has 2 aromatic carbocycles. The Bertz CT molecular complexity index is 977. The van der Waals surface area contributed by atoms with E-state index in [1.807, 2.05) is 52.9 Å². The molecule has 2 aromatic rings. The molecule has 0 heterocycles. The van der Waals surface area contributed by atoms with Crippen molar-refractivity contribution in [3.63, 3.8) is 0 Å². The van der Waals surface area contributed by atoms with Crippen molar-refractivity contribution in [2.24, 2.45) is 0 Å². The highest BCUT2D eigenvalue weighted by atomic mass is 127. The first-order chi connectivity index (χ1) is 13.6. The zero-order valence-electron chi connectivity index (χ0n) is 15.7. The van der Waals surface area contributed by atoms with Gasteiger partial charge in [-0.25, -0.2) is 4.79 Å². The molecule has 2 rings (SSSR count). The zero-order valence-corrected chi connectivity index (χ0v) is 20.1. The molecule has 152 valence electrons. The van der Waals surface area contributed by atoms with E-state index >= 15 is 0 Å². The number of rotatable bonds is 7. The standard InChI is InChI=1S/C21H18Cl2INO3S/c1-12(2)25(20(26)16-10-9-15(22)11-17(16)23)19(24)18(21(27)28)29-13(3)14-7-5-4-6-8-14/h4-12H,3H2,1-2H3,(H,27,28)/b19-18+. The summed E-state index contributed by atoms with van der Waals surface area (Å²) in [5.74, 6) is -1.55. The number of nitrogens with zero attached hydrogens (tertiary/aromatic N) is 1. The lowest BCUT2D eigenvalue weighted by atomic mass is 10.1. The Morgan fingerprint density at radius 1 is 1.14 bits per heavy atom. The van der Waals surface area contributed by atoms with E-state index in [2.05, 4.69) is 6.58 Å². The number of thioether (sulfide) groups is 1. The van der Waals surface area contributed by atoms with Crippen molar-refractivity contribution < 1.29 is 14.7 Å². The van der Waals surface area contributed by atoms with E-state index in [-0.39, 0.29) is 25.2 Å². The van der Waals surface area contributed by atoms with Crippen LogP contribution in [0, 0.1) is 0 Å². The number of carboxylic acid groups (broad SMARTS) is 1. The molecule has 1 amide bonds. The molecule has 1 N–H and O–H groups in total. The molecule has 4 nitrogen and oxygen atoms in total. The predicted molar refractivity (Wildman–Crippen MR) is 130 cm³/mol. The molecule has 0 fully saturated rings. The van der Waals surface area contributed by atoms with Crippen LogP contribution in [0.5, 0.6) is 0 Å². The topological polar surface area (TPSA) is 57.6 Å². The van der Waals surface area contributed by atoms with Crippen LogP contribution in [-0.2, 0) is 4.79 Å². The van der Waals surface area contributed by atoms with Crippen LogP contribution in [0.2, 0.25) is 10.0 Å². The predicted octanol–water partition coefficient (Wildman–Crippen LogP) is 6.94. The molecule has 8 heteroatoms. The minimum Gasteiger partial charge on any atom is -0.477 e. The minimum absolute atomic E-state index is 0.00610. The van der Waals surface area contributed by atoms with Crippen molar-refractivity contribution in [2.45, 2.75) is 19.9 Å². The van der Waals surface area contributed by atoms with Crippen LogP contribution in [-0.4, -0.2) is 27.9 Å². The van der Waals surface area contributed by atoms with E-state index in [0.29, 0.717) is 9.93 Å². The van der Waals surface area contributed by atoms with Gasteiger partial charge in [0, 0.05) is 16.0 Å². The van der Waals surface area contributed by atoms with Gasteiger partial charge >= 0.3 is 5.97 Å². The van der Waals surface area contributed by atoms with Gasteiger partial charge in [-0.05, 0) is 60.2 Å². The molecule has 29 heavy (non-hydrogen) atoms. The highest BCUT2D eigenvalue weighted by molar-refractivity contribution is 14.1. The number of amides is 1. The highest BCUT2D eigenvalue weighted by Gasteiger charge is 2.28. The summed E-state index contributed by atoms with van der Waals surface area (Å²) in [6, 6.07) is 13.5. The number of aliphatic carboxylic acids is 1. The Balaban J connectivity index is 2.47. The number of hydrogen-bond acceptors (Lipinski definition) is 3. The van der Waals surface area contributed by atoms with Gasteiger partial charge < -0.3 is 5.11 Å². The van der Waals surface area contributed by atoms with E-state index in [9.17, 15) is 14.7 Å². The van der Waals surface area contributed by atoms with Crippen LogP contribution in [0.25, 0.3) is 4.91 Å². The summed E-state index contributed by atoms with van der Waals surface area (Å²) in [5.41, 5.74) is 1.05. The Hall–Kier alpha value is -1.48. The van der Waals surface area contributed by atoms with Crippen molar-refractivity contribution in [3.8, 4) is 0 Å². The van der Waals surface area contributed by atoms with E-state index in [4.69, 9.17) is 23.2 Å². The fourth-order valence-corrected chi connectivity index (χ4v) is 5.03. The van der Waals surface area contributed by atoms with E-state index in [1.54, 1.807) is 19.9 Å².